The second kappa shape index (κ2) is 5.21. The van der Waals surface area contributed by atoms with Gasteiger partial charge in [-0.05, 0) is 48.4 Å². The fraction of sp³-hybridized carbons (Fsp3) is 0.368. The average molecular weight is 250 g/mol. The van der Waals surface area contributed by atoms with Crippen LogP contribution in [0.4, 0.5) is 0 Å². The molecule has 0 saturated heterocycles. The van der Waals surface area contributed by atoms with Gasteiger partial charge in [-0.25, -0.2) is 0 Å². The molecule has 0 N–H and O–H groups in total. The van der Waals surface area contributed by atoms with Crippen LogP contribution in [0, 0.1) is 6.92 Å². The van der Waals surface area contributed by atoms with Crippen LogP contribution >= 0.6 is 0 Å². The number of aryl methyl sites for hydroxylation is 2. The number of fused-ring (bicyclic) bond motifs is 1. The maximum Gasteiger partial charge on any atom is 0.00674 e. The van der Waals surface area contributed by atoms with Crippen LogP contribution in [-0.4, -0.2) is 0 Å². The molecule has 0 radical (unpaired) electrons. The van der Waals surface area contributed by atoms with Gasteiger partial charge in [-0.15, -0.1) is 0 Å². The summed E-state index contributed by atoms with van der Waals surface area (Å²) in [4.78, 5) is 0. The minimum atomic E-state index is 0.600. The maximum absolute atomic E-state index is 2.41. The summed E-state index contributed by atoms with van der Waals surface area (Å²) in [6.07, 6.45) is 16.3. The highest BCUT2D eigenvalue weighted by Gasteiger charge is 2.22. The highest BCUT2D eigenvalue weighted by atomic mass is 14.3. The Labute approximate surface area is 116 Å². The van der Waals surface area contributed by atoms with Gasteiger partial charge < -0.3 is 0 Å². The van der Waals surface area contributed by atoms with Gasteiger partial charge in [-0.3, -0.25) is 0 Å². The topological polar surface area (TPSA) is 0 Å². The van der Waals surface area contributed by atoms with E-state index in [1.807, 2.05) is 0 Å². The second-order valence-corrected chi connectivity index (χ2v) is 5.75. The van der Waals surface area contributed by atoms with Gasteiger partial charge in [0.25, 0.3) is 0 Å². The Morgan fingerprint density at radius 1 is 1.26 bits per heavy atom. The van der Waals surface area contributed by atoms with Crippen molar-refractivity contribution >= 4 is 6.08 Å². The minimum Gasteiger partial charge on any atom is -0.0805 e. The van der Waals surface area contributed by atoms with Crippen LogP contribution in [0.25, 0.3) is 6.08 Å². The molecule has 0 fully saturated rings. The summed E-state index contributed by atoms with van der Waals surface area (Å²) in [6.45, 7) is 4.50. The molecule has 1 atom stereocenters. The number of hydrogen-bond donors (Lipinski definition) is 0. The van der Waals surface area contributed by atoms with E-state index in [1.165, 1.54) is 30.4 Å². The van der Waals surface area contributed by atoms with Gasteiger partial charge in [0.1, 0.15) is 0 Å². The highest BCUT2D eigenvalue weighted by molar-refractivity contribution is 5.67. The first-order valence-corrected chi connectivity index (χ1v) is 7.44. The summed E-state index contributed by atoms with van der Waals surface area (Å²) in [5.74, 6) is 0.600. The number of allylic oxidation sites excluding steroid dienone is 5. The Kier molecular flexibility index (Phi) is 3.42. The molecule has 0 spiro atoms. The third kappa shape index (κ3) is 2.32. The zero-order chi connectivity index (χ0) is 13.2. The van der Waals surface area contributed by atoms with Crippen LogP contribution < -0.4 is 0 Å². The monoisotopic (exact) mass is 250 g/mol. The quantitative estimate of drug-likeness (QED) is 0.677. The third-order valence-electron chi connectivity index (χ3n) is 4.31. The molecule has 0 heterocycles. The molecule has 2 aliphatic carbocycles. The van der Waals surface area contributed by atoms with Crippen molar-refractivity contribution in [3.63, 3.8) is 0 Å². The van der Waals surface area contributed by atoms with Crippen molar-refractivity contribution in [2.45, 2.75) is 45.4 Å². The summed E-state index contributed by atoms with van der Waals surface area (Å²) >= 11 is 0. The van der Waals surface area contributed by atoms with Gasteiger partial charge in [0.15, 0.2) is 0 Å². The standard InChI is InChI=1S/C19H22/c1-3-6-16-10-9-14(2)18-12-11-17(19(16)18)13-15-7-4-5-8-15/h4-5,7,9-12,17H,3,6,8,13H2,1-2H3. The molecule has 0 bridgehead atoms. The van der Waals surface area contributed by atoms with Crippen molar-refractivity contribution in [2.75, 3.05) is 0 Å². The van der Waals surface area contributed by atoms with E-state index >= 15 is 0 Å². The van der Waals surface area contributed by atoms with Crippen LogP contribution in [0.15, 0.2) is 42.0 Å². The smallest absolute Gasteiger partial charge is 0.00674 e. The Morgan fingerprint density at radius 3 is 2.89 bits per heavy atom. The van der Waals surface area contributed by atoms with Gasteiger partial charge in [0, 0.05) is 5.92 Å². The molecule has 3 rings (SSSR count). The minimum absolute atomic E-state index is 0.600. The average Bonchev–Trinajstić information content (AvgIpc) is 3.04. The first-order chi connectivity index (χ1) is 9.29. The molecule has 0 aliphatic heterocycles. The predicted octanol–water partition coefficient (Wildman–Crippen LogP) is 5.33. The zero-order valence-corrected chi connectivity index (χ0v) is 11.9. The van der Waals surface area contributed by atoms with Crippen LogP contribution in [0.5, 0.6) is 0 Å². The molecular formula is C19H22. The SMILES string of the molecule is CCCc1ccc(C)c2c1C(CC1=CC=CC1)C=C2. The maximum atomic E-state index is 2.41. The first-order valence-electron chi connectivity index (χ1n) is 7.44. The Balaban J connectivity index is 1.92. The molecule has 0 aromatic heterocycles. The van der Waals surface area contributed by atoms with Crippen LogP contribution in [0.1, 0.15) is 54.4 Å². The molecule has 19 heavy (non-hydrogen) atoms. The largest absolute Gasteiger partial charge is 0.0805 e. The van der Waals surface area contributed by atoms with Gasteiger partial charge in [0.2, 0.25) is 0 Å². The molecule has 0 saturated carbocycles. The van der Waals surface area contributed by atoms with Crippen molar-refractivity contribution in [2.24, 2.45) is 0 Å². The van der Waals surface area contributed by atoms with E-state index in [9.17, 15) is 0 Å². The molecule has 1 aromatic carbocycles. The lowest BCUT2D eigenvalue weighted by molar-refractivity contribution is 0.797. The fourth-order valence-corrected chi connectivity index (χ4v) is 3.34. The van der Waals surface area contributed by atoms with E-state index in [0.717, 1.165) is 6.42 Å². The molecular weight excluding hydrogens is 228 g/mol. The second-order valence-electron chi connectivity index (χ2n) is 5.75. The van der Waals surface area contributed by atoms with E-state index in [-0.39, 0.29) is 0 Å². The van der Waals surface area contributed by atoms with Gasteiger partial charge in [0.05, 0.1) is 0 Å². The molecule has 0 amide bonds. The first kappa shape index (κ1) is 12.5. The summed E-state index contributed by atoms with van der Waals surface area (Å²) < 4.78 is 0. The number of hydrogen-bond acceptors (Lipinski definition) is 0. The summed E-state index contributed by atoms with van der Waals surface area (Å²) in [7, 11) is 0. The van der Waals surface area contributed by atoms with Gasteiger partial charge in [-0.2, -0.15) is 0 Å². The zero-order valence-electron chi connectivity index (χ0n) is 11.9. The third-order valence-corrected chi connectivity index (χ3v) is 4.31. The van der Waals surface area contributed by atoms with Crippen LogP contribution in [0.2, 0.25) is 0 Å². The lowest BCUT2D eigenvalue weighted by Gasteiger charge is -2.17. The molecule has 2 aliphatic rings. The Hall–Kier alpha value is -1.56. The van der Waals surface area contributed by atoms with Crippen LogP contribution in [0.3, 0.4) is 0 Å². The Bertz CT molecular complexity index is 570. The Morgan fingerprint density at radius 2 is 2.16 bits per heavy atom. The van der Waals surface area contributed by atoms with E-state index in [2.05, 4.69) is 56.4 Å². The fourth-order valence-electron chi connectivity index (χ4n) is 3.34. The van der Waals surface area contributed by atoms with Crippen molar-refractivity contribution in [1.82, 2.24) is 0 Å². The van der Waals surface area contributed by atoms with E-state index in [0.29, 0.717) is 5.92 Å². The van der Waals surface area contributed by atoms with Crippen molar-refractivity contribution in [1.29, 1.82) is 0 Å². The number of rotatable bonds is 4. The lowest BCUT2D eigenvalue weighted by Crippen LogP contribution is -2.02. The molecule has 0 heteroatoms. The van der Waals surface area contributed by atoms with Crippen molar-refractivity contribution in [3.05, 3.63) is 64.3 Å². The van der Waals surface area contributed by atoms with Crippen molar-refractivity contribution < 1.29 is 0 Å². The van der Waals surface area contributed by atoms with Gasteiger partial charge >= 0.3 is 0 Å². The number of benzene rings is 1. The van der Waals surface area contributed by atoms with Gasteiger partial charge in [-0.1, -0.05) is 61.4 Å². The van der Waals surface area contributed by atoms with E-state index in [4.69, 9.17) is 0 Å². The van der Waals surface area contributed by atoms with E-state index in [1.54, 1.807) is 16.7 Å². The molecule has 98 valence electrons. The molecule has 0 nitrogen and oxygen atoms in total. The lowest BCUT2D eigenvalue weighted by atomic mass is 9.87. The highest BCUT2D eigenvalue weighted by Crippen LogP contribution is 2.40. The molecule has 1 aromatic rings. The summed E-state index contributed by atoms with van der Waals surface area (Å²) in [5, 5.41) is 0. The van der Waals surface area contributed by atoms with Crippen molar-refractivity contribution in [3.8, 4) is 0 Å². The van der Waals surface area contributed by atoms with E-state index < -0.39 is 0 Å². The van der Waals surface area contributed by atoms with Crippen LogP contribution in [-0.2, 0) is 6.42 Å². The summed E-state index contributed by atoms with van der Waals surface area (Å²) in [6, 6.07) is 4.63. The molecule has 1 unspecified atom stereocenters. The predicted molar refractivity (Wildman–Crippen MR) is 83.4 cm³/mol. The normalized spacial score (nSPS) is 19.9. The summed E-state index contributed by atoms with van der Waals surface area (Å²) in [5.41, 5.74) is 7.65.